The first kappa shape index (κ1) is 62.6. The van der Waals surface area contributed by atoms with Crippen LogP contribution in [-0.4, -0.2) is 24.2 Å². The Morgan fingerprint density at radius 1 is 0.124 bits per heavy atom. The van der Waals surface area contributed by atoms with E-state index in [0.29, 0.717) is 0 Å². The van der Waals surface area contributed by atoms with Crippen molar-refractivity contribution in [2.75, 3.05) is 0 Å². The summed E-state index contributed by atoms with van der Waals surface area (Å²) in [5.41, 5.74) is 7.73. The average Bonchev–Trinajstić information content (AvgIpc) is 0.634. The van der Waals surface area contributed by atoms with Gasteiger partial charge in [0.1, 0.15) is 0 Å². The zero-order valence-corrected chi connectivity index (χ0v) is 58.5. The van der Waals surface area contributed by atoms with Crippen LogP contribution in [-0.2, 0) is 25.8 Å². The maximum atomic E-state index is 2.59. The number of hydrogen-bond acceptors (Lipinski definition) is 0. The molecule has 15 aromatic carbocycles. The van der Waals surface area contributed by atoms with Gasteiger partial charge in [0.05, 0.1) is 0 Å². The Morgan fingerprint density at radius 3 is 0.320 bits per heavy atom. The van der Waals surface area contributed by atoms with Crippen molar-refractivity contribution in [1.82, 2.24) is 0 Å². The number of hydrogen-bond donors (Lipinski definition) is 0. The van der Waals surface area contributed by atoms with Crippen LogP contribution in [0.15, 0.2) is 455 Å². The van der Waals surface area contributed by atoms with E-state index in [-0.39, 0.29) is 0 Å². The Morgan fingerprint density at radius 2 is 0.216 bits per heavy atom. The molecule has 0 heterocycles. The molecular formula is C93H75CrSi3+3. The third kappa shape index (κ3) is 9.97. The molecule has 0 N–H and O–H groups in total. The second kappa shape index (κ2) is 27.7. The normalized spacial score (nSPS) is 12.1. The summed E-state index contributed by atoms with van der Waals surface area (Å²) in [5, 5.41) is 12.0. The first-order valence-corrected chi connectivity index (χ1v) is 41.7. The molecule has 0 aromatic heterocycles. The molecule has 0 saturated heterocycles. The Labute approximate surface area is 580 Å². The van der Waals surface area contributed by atoms with E-state index >= 15 is 0 Å². The Balaban J connectivity index is 1.44. The topological polar surface area (TPSA) is 0 Å². The second-order valence-electron chi connectivity index (χ2n) is 25.1. The molecule has 15 rings (SSSR count). The van der Waals surface area contributed by atoms with Gasteiger partial charge in [-0.1, -0.05) is 0 Å². The molecule has 0 fully saturated rings. The minimum absolute atomic E-state index is 1.07. The predicted octanol–water partition coefficient (Wildman–Crippen LogP) is 15.6. The van der Waals surface area contributed by atoms with E-state index in [4.69, 9.17) is 0 Å². The molecule has 0 aliphatic rings. The molecule has 0 radical (unpaired) electrons. The van der Waals surface area contributed by atoms with Gasteiger partial charge in [0, 0.05) is 0 Å². The van der Waals surface area contributed by atoms with E-state index in [9.17, 15) is 0 Å². The van der Waals surface area contributed by atoms with Crippen LogP contribution in [0.3, 0.4) is 0 Å². The van der Waals surface area contributed by atoms with E-state index in [2.05, 4.69) is 455 Å². The summed E-state index contributed by atoms with van der Waals surface area (Å²) in [6, 6.07) is 181. The van der Waals surface area contributed by atoms with Gasteiger partial charge in [0.25, 0.3) is 0 Å². The fourth-order valence-corrected chi connectivity index (χ4v) is 54.6. The van der Waals surface area contributed by atoms with E-state index in [1.165, 1.54) is 80.1 Å². The number of rotatable bonds is 21. The third-order valence-corrected chi connectivity index (χ3v) is 48.0. The second-order valence-corrected chi connectivity index (χ2v) is 42.6. The molecule has 0 aliphatic carbocycles. The molecule has 0 amide bonds. The fourth-order valence-electron chi connectivity index (χ4n) is 17.2. The van der Waals surface area contributed by atoms with Crippen molar-refractivity contribution in [1.29, 1.82) is 0 Å². The first-order valence-electron chi connectivity index (χ1n) is 33.8. The van der Waals surface area contributed by atoms with Crippen LogP contribution in [0.5, 0.6) is 0 Å². The SMILES string of the molecule is c1ccc([C](c2ccccc2)([Cr+3]([C](c2ccccc2)(c2ccccc2)[Si](c2ccccc2)(c2ccccc2)c2ccccc2)[C](c2ccccc2)(c2ccccc2)[Si](c2ccccc2)(c2ccccc2)c2ccccc2)[Si](c2ccccc2)(c2ccccc2)c2ccccc2)cc1. The summed E-state index contributed by atoms with van der Waals surface area (Å²) < 4.78 is -3.20. The van der Waals surface area contributed by atoms with Gasteiger partial charge in [-0.05, 0) is 0 Å². The van der Waals surface area contributed by atoms with Crippen molar-refractivity contribution >= 4 is 70.9 Å². The summed E-state index contributed by atoms with van der Waals surface area (Å²) in [6.07, 6.45) is 0. The van der Waals surface area contributed by atoms with Crippen molar-refractivity contribution in [2.24, 2.45) is 0 Å². The molecule has 97 heavy (non-hydrogen) atoms. The maximum absolute atomic E-state index is 4.16. The molecule has 462 valence electrons. The molecule has 0 spiro atoms. The minimum atomic E-state index is -4.16. The van der Waals surface area contributed by atoms with Crippen LogP contribution in [0.2, 0.25) is 0 Å². The molecule has 0 saturated carbocycles. The van der Waals surface area contributed by atoms with Crippen molar-refractivity contribution in [3.8, 4) is 0 Å². The van der Waals surface area contributed by atoms with E-state index in [1.54, 1.807) is 0 Å². The molecule has 0 nitrogen and oxygen atoms in total. The zero-order chi connectivity index (χ0) is 65.3. The first-order chi connectivity index (χ1) is 48.2. The molecule has 0 unspecified atom stereocenters. The molecule has 0 bridgehead atoms. The van der Waals surface area contributed by atoms with E-state index in [1.807, 2.05) is 0 Å². The van der Waals surface area contributed by atoms with Gasteiger partial charge in [0.15, 0.2) is 0 Å². The fraction of sp³-hybridized carbons (Fsp3) is 0.0323. The van der Waals surface area contributed by atoms with Crippen LogP contribution in [0, 0.1) is 0 Å². The van der Waals surface area contributed by atoms with Gasteiger partial charge >= 0.3 is 585 Å². The molecule has 15 aromatic rings. The van der Waals surface area contributed by atoms with Gasteiger partial charge in [-0.3, -0.25) is 0 Å². The standard InChI is InChI=1S/3C31H25Si.Cr/c3*1-6-16-26(17-7-1)31(27-18-8-2-9-19-27)32(28-20-10-3-11-21-28,29-22-12-4-13-23-29)30-24-14-5-15-25-30;/h3*1-25H;/q;;;+3. The van der Waals surface area contributed by atoms with Gasteiger partial charge in [0.2, 0.25) is 0 Å². The quantitative estimate of drug-likeness (QED) is 0.0497. The summed E-state index contributed by atoms with van der Waals surface area (Å²) in [4.78, 5) is 0. The van der Waals surface area contributed by atoms with Crippen molar-refractivity contribution in [3.05, 3.63) is 488 Å². The van der Waals surface area contributed by atoms with Crippen LogP contribution in [0.25, 0.3) is 0 Å². The van der Waals surface area contributed by atoms with Crippen LogP contribution < -0.4 is 46.7 Å². The van der Waals surface area contributed by atoms with Crippen molar-refractivity contribution < 1.29 is 14.1 Å². The van der Waals surface area contributed by atoms with Gasteiger partial charge in [-0.25, -0.2) is 0 Å². The van der Waals surface area contributed by atoms with Gasteiger partial charge in [-0.15, -0.1) is 0 Å². The molecule has 4 heteroatoms. The molecule has 0 aliphatic heterocycles. The summed E-state index contributed by atoms with van der Waals surface area (Å²) in [7, 11) is -12.5. The van der Waals surface area contributed by atoms with E-state index in [0.717, 1.165) is 0 Å². The zero-order valence-electron chi connectivity index (χ0n) is 54.2. The number of benzene rings is 15. The Kier molecular flexibility index (Phi) is 17.9. The predicted molar refractivity (Wildman–Crippen MR) is 413 cm³/mol. The van der Waals surface area contributed by atoms with Crippen LogP contribution in [0.4, 0.5) is 0 Å². The summed E-state index contributed by atoms with van der Waals surface area (Å²) in [6.45, 7) is 0. The van der Waals surface area contributed by atoms with Crippen molar-refractivity contribution in [2.45, 2.75) is 11.7 Å². The van der Waals surface area contributed by atoms with Crippen LogP contribution >= 0.6 is 0 Å². The van der Waals surface area contributed by atoms with Gasteiger partial charge in [-0.2, -0.15) is 0 Å². The van der Waals surface area contributed by atoms with Crippen molar-refractivity contribution in [3.63, 3.8) is 0 Å². The Bertz CT molecular complexity index is 4000. The average molecular weight is 1330 g/mol. The summed E-state index contributed by atoms with van der Waals surface area (Å²) >= 11 is -3.72. The van der Waals surface area contributed by atoms with Gasteiger partial charge < -0.3 is 0 Å². The Hall–Kier alpha value is -10.5. The molecule has 0 atom stereocenters. The third-order valence-electron chi connectivity index (χ3n) is 20.4. The monoisotopic (exact) mass is 1330 g/mol. The van der Waals surface area contributed by atoms with E-state index < -0.39 is 50.1 Å². The molecular weight excluding hydrogens is 1250 g/mol. The summed E-state index contributed by atoms with van der Waals surface area (Å²) in [5.74, 6) is 0. The van der Waals surface area contributed by atoms with Crippen LogP contribution in [0.1, 0.15) is 33.4 Å².